The fourth-order valence-corrected chi connectivity index (χ4v) is 1.78. The summed E-state index contributed by atoms with van der Waals surface area (Å²) in [6, 6.07) is 6.68. The number of alkyl halides is 2. The molecule has 0 aliphatic carbocycles. The van der Waals surface area contributed by atoms with Crippen LogP contribution >= 0.6 is 0 Å². The van der Waals surface area contributed by atoms with E-state index in [1.54, 1.807) is 18.2 Å². The van der Waals surface area contributed by atoms with E-state index >= 15 is 0 Å². The van der Waals surface area contributed by atoms with Crippen LogP contribution in [0.25, 0.3) is 0 Å². The Morgan fingerprint density at radius 2 is 2.00 bits per heavy atom. The number of benzene rings is 1. The van der Waals surface area contributed by atoms with Gasteiger partial charge in [0, 0.05) is 12.1 Å². The highest BCUT2D eigenvalue weighted by atomic mass is 19.3. The molecule has 0 saturated carbocycles. The maximum absolute atomic E-state index is 12.3. The summed E-state index contributed by atoms with van der Waals surface area (Å²) < 4.78 is 34.4. The molecule has 0 spiro atoms. The van der Waals surface area contributed by atoms with Gasteiger partial charge >= 0.3 is 6.61 Å². The van der Waals surface area contributed by atoms with Crippen LogP contribution in [0, 0.1) is 13.8 Å². The molecule has 0 saturated heterocycles. The Kier molecular flexibility index (Phi) is 4.68. The van der Waals surface area contributed by atoms with Crippen LogP contribution in [0.1, 0.15) is 22.9 Å². The van der Waals surface area contributed by atoms with Crippen LogP contribution in [0.5, 0.6) is 5.75 Å². The maximum Gasteiger partial charge on any atom is 0.387 e. The number of aromatic nitrogens is 1. The predicted molar refractivity (Wildman–Crippen MR) is 69.6 cm³/mol. The molecule has 4 nitrogen and oxygen atoms in total. The number of ether oxygens (including phenoxy) is 1. The molecule has 2 aromatic rings. The highest BCUT2D eigenvalue weighted by Crippen LogP contribution is 2.20. The standard InChI is InChI=1S/C14H16F2N2O2/c1-9-10(2)19-13(18-9)8-17-7-11-5-3-4-6-12(11)20-14(15)16/h3-6,14,17H,7-8H2,1-2H3. The molecule has 1 N–H and O–H groups in total. The molecule has 6 heteroatoms. The third-order valence-corrected chi connectivity index (χ3v) is 2.85. The van der Waals surface area contributed by atoms with Crippen molar-refractivity contribution in [2.24, 2.45) is 0 Å². The Bertz CT molecular complexity index is 551. The molecule has 20 heavy (non-hydrogen) atoms. The molecule has 108 valence electrons. The Morgan fingerprint density at radius 1 is 1.25 bits per heavy atom. The van der Waals surface area contributed by atoms with Crippen molar-refractivity contribution < 1.29 is 17.9 Å². The maximum atomic E-state index is 12.3. The van der Waals surface area contributed by atoms with Crippen LogP contribution in [0.4, 0.5) is 8.78 Å². The summed E-state index contributed by atoms with van der Waals surface area (Å²) in [4.78, 5) is 4.23. The Morgan fingerprint density at radius 3 is 2.65 bits per heavy atom. The molecular formula is C14H16F2N2O2. The minimum absolute atomic E-state index is 0.176. The van der Waals surface area contributed by atoms with Gasteiger partial charge in [-0.1, -0.05) is 18.2 Å². The van der Waals surface area contributed by atoms with Gasteiger partial charge in [0.25, 0.3) is 0 Å². The van der Waals surface area contributed by atoms with Crippen molar-refractivity contribution in [2.75, 3.05) is 0 Å². The zero-order valence-corrected chi connectivity index (χ0v) is 11.3. The molecular weight excluding hydrogens is 266 g/mol. The number of nitrogens with one attached hydrogen (secondary N) is 1. The molecule has 0 atom stereocenters. The minimum atomic E-state index is -2.83. The van der Waals surface area contributed by atoms with Crippen LogP contribution in [0.2, 0.25) is 0 Å². The molecule has 1 aromatic carbocycles. The summed E-state index contributed by atoms with van der Waals surface area (Å²) >= 11 is 0. The molecule has 1 aromatic heterocycles. The largest absolute Gasteiger partial charge is 0.444 e. The SMILES string of the molecule is Cc1nc(CNCc2ccccc2OC(F)F)oc1C. The third-order valence-electron chi connectivity index (χ3n) is 2.85. The lowest BCUT2D eigenvalue weighted by atomic mass is 10.2. The van der Waals surface area contributed by atoms with Gasteiger partial charge in [-0.15, -0.1) is 0 Å². The van der Waals surface area contributed by atoms with Crippen molar-refractivity contribution in [2.45, 2.75) is 33.5 Å². The first-order chi connectivity index (χ1) is 9.56. The van der Waals surface area contributed by atoms with Crippen LogP contribution < -0.4 is 10.1 Å². The number of nitrogens with zero attached hydrogens (tertiary/aromatic N) is 1. The first-order valence-electron chi connectivity index (χ1n) is 6.22. The van der Waals surface area contributed by atoms with Crippen molar-refractivity contribution >= 4 is 0 Å². The van der Waals surface area contributed by atoms with E-state index in [1.807, 2.05) is 13.8 Å². The van der Waals surface area contributed by atoms with Gasteiger partial charge in [0.05, 0.1) is 12.2 Å². The van der Waals surface area contributed by atoms with E-state index in [9.17, 15) is 8.78 Å². The smallest absolute Gasteiger partial charge is 0.387 e. The van der Waals surface area contributed by atoms with Crippen LogP contribution in [0.3, 0.4) is 0 Å². The molecule has 0 amide bonds. The normalized spacial score (nSPS) is 11.1. The zero-order chi connectivity index (χ0) is 14.5. The number of hydrogen-bond acceptors (Lipinski definition) is 4. The Hall–Kier alpha value is -1.95. The van der Waals surface area contributed by atoms with E-state index in [-0.39, 0.29) is 5.75 Å². The van der Waals surface area contributed by atoms with E-state index in [4.69, 9.17) is 4.42 Å². The highest BCUT2D eigenvalue weighted by molar-refractivity contribution is 5.33. The first-order valence-corrected chi connectivity index (χ1v) is 6.22. The highest BCUT2D eigenvalue weighted by Gasteiger charge is 2.09. The van der Waals surface area contributed by atoms with Crippen molar-refractivity contribution in [3.63, 3.8) is 0 Å². The molecule has 0 fully saturated rings. The lowest BCUT2D eigenvalue weighted by molar-refractivity contribution is -0.0505. The fourth-order valence-electron chi connectivity index (χ4n) is 1.78. The second kappa shape index (κ2) is 6.47. The van der Waals surface area contributed by atoms with Crippen LogP contribution in [0.15, 0.2) is 28.7 Å². The van der Waals surface area contributed by atoms with Gasteiger partial charge in [-0.25, -0.2) is 4.98 Å². The lowest BCUT2D eigenvalue weighted by Crippen LogP contribution is -2.14. The number of oxazole rings is 1. The summed E-state index contributed by atoms with van der Waals surface area (Å²) in [5, 5.41) is 3.09. The molecule has 0 radical (unpaired) electrons. The van der Waals surface area contributed by atoms with E-state index < -0.39 is 6.61 Å². The van der Waals surface area contributed by atoms with Crippen molar-refractivity contribution in [1.29, 1.82) is 0 Å². The quantitative estimate of drug-likeness (QED) is 0.884. The minimum Gasteiger partial charge on any atom is -0.444 e. The molecule has 0 aliphatic heterocycles. The van der Waals surface area contributed by atoms with Gasteiger partial charge < -0.3 is 14.5 Å². The average molecular weight is 282 g/mol. The summed E-state index contributed by atoms with van der Waals surface area (Å²) in [6.45, 7) is 1.71. The monoisotopic (exact) mass is 282 g/mol. The van der Waals surface area contributed by atoms with Gasteiger partial charge in [0.15, 0.2) is 0 Å². The summed E-state index contributed by atoms with van der Waals surface area (Å²) in [6.07, 6.45) is 0. The first kappa shape index (κ1) is 14.5. The molecule has 0 aliphatic rings. The number of rotatable bonds is 6. The number of para-hydroxylation sites is 1. The fraction of sp³-hybridized carbons (Fsp3) is 0.357. The Labute approximate surface area is 115 Å². The number of hydrogen-bond donors (Lipinski definition) is 1. The lowest BCUT2D eigenvalue weighted by Gasteiger charge is -2.10. The molecule has 0 unspecified atom stereocenters. The van der Waals surface area contributed by atoms with Crippen molar-refractivity contribution in [3.05, 3.63) is 47.2 Å². The van der Waals surface area contributed by atoms with Gasteiger partial charge in [-0.2, -0.15) is 8.78 Å². The second-order valence-electron chi connectivity index (χ2n) is 4.34. The van der Waals surface area contributed by atoms with E-state index in [0.29, 0.717) is 24.5 Å². The van der Waals surface area contributed by atoms with Crippen LogP contribution in [-0.2, 0) is 13.1 Å². The molecule has 1 heterocycles. The van der Waals surface area contributed by atoms with Crippen LogP contribution in [-0.4, -0.2) is 11.6 Å². The average Bonchev–Trinajstić information content (AvgIpc) is 2.70. The summed E-state index contributed by atoms with van der Waals surface area (Å²) in [5.41, 5.74) is 1.51. The van der Waals surface area contributed by atoms with E-state index in [0.717, 1.165) is 11.5 Å². The topological polar surface area (TPSA) is 47.3 Å². The van der Waals surface area contributed by atoms with Gasteiger partial charge in [0.1, 0.15) is 11.5 Å². The third kappa shape index (κ3) is 3.77. The summed E-state index contributed by atoms with van der Waals surface area (Å²) in [5.74, 6) is 1.53. The van der Waals surface area contributed by atoms with Crippen molar-refractivity contribution in [1.82, 2.24) is 10.3 Å². The zero-order valence-electron chi connectivity index (χ0n) is 11.3. The van der Waals surface area contributed by atoms with Gasteiger partial charge in [-0.3, -0.25) is 0 Å². The van der Waals surface area contributed by atoms with E-state index in [2.05, 4.69) is 15.0 Å². The van der Waals surface area contributed by atoms with Gasteiger partial charge in [-0.05, 0) is 19.9 Å². The Balaban J connectivity index is 1.93. The van der Waals surface area contributed by atoms with Crippen molar-refractivity contribution in [3.8, 4) is 5.75 Å². The summed E-state index contributed by atoms with van der Waals surface area (Å²) in [7, 11) is 0. The predicted octanol–water partition coefficient (Wildman–Crippen LogP) is 3.18. The molecule has 0 bridgehead atoms. The van der Waals surface area contributed by atoms with Gasteiger partial charge in [0.2, 0.25) is 5.89 Å². The second-order valence-corrected chi connectivity index (χ2v) is 4.34. The van der Waals surface area contributed by atoms with E-state index in [1.165, 1.54) is 6.07 Å². The number of halogens is 2. The number of aryl methyl sites for hydroxylation is 2. The molecule has 2 rings (SSSR count).